The highest BCUT2D eigenvalue weighted by atomic mass is 14.2. The summed E-state index contributed by atoms with van der Waals surface area (Å²) in [5, 5.41) is 5.15. The first kappa shape index (κ1) is 19.5. The Bertz CT molecular complexity index is 1530. The van der Waals surface area contributed by atoms with E-state index in [4.69, 9.17) is 0 Å². The van der Waals surface area contributed by atoms with Crippen molar-refractivity contribution in [3.63, 3.8) is 0 Å². The standard InChI is InChI=1S/C33H24/c1-23-19-21-25(22-20-23)32-28-15-7-9-17-30(28)33(31-18-10-8-16-29(31)32)27-14-6-5-13-26(27)24-11-3-2-4-12-24/h2-22H,1H3. The van der Waals surface area contributed by atoms with Crippen molar-refractivity contribution in [2.24, 2.45) is 0 Å². The molecule has 33 heavy (non-hydrogen) atoms. The Morgan fingerprint density at radius 3 is 1.36 bits per heavy atom. The van der Waals surface area contributed by atoms with Crippen LogP contribution in [-0.4, -0.2) is 0 Å². The molecule has 0 spiro atoms. The maximum absolute atomic E-state index is 2.27. The van der Waals surface area contributed by atoms with Gasteiger partial charge in [-0.25, -0.2) is 0 Å². The van der Waals surface area contributed by atoms with Crippen LogP contribution >= 0.6 is 0 Å². The average molecular weight is 421 g/mol. The molecule has 0 aliphatic heterocycles. The van der Waals surface area contributed by atoms with Crippen LogP contribution in [0.15, 0.2) is 127 Å². The minimum atomic E-state index is 1.24. The summed E-state index contributed by atoms with van der Waals surface area (Å²) >= 11 is 0. The van der Waals surface area contributed by atoms with Gasteiger partial charge in [0.25, 0.3) is 0 Å². The number of aryl methyl sites for hydroxylation is 1. The van der Waals surface area contributed by atoms with E-state index in [1.165, 1.54) is 60.5 Å². The maximum atomic E-state index is 2.27. The Hall–Kier alpha value is -4.16. The minimum absolute atomic E-state index is 1.24. The van der Waals surface area contributed by atoms with E-state index in [9.17, 15) is 0 Å². The summed E-state index contributed by atoms with van der Waals surface area (Å²) in [5.74, 6) is 0. The molecule has 0 heteroatoms. The third-order valence-corrected chi connectivity index (χ3v) is 6.55. The summed E-state index contributed by atoms with van der Waals surface area (Å²) in [6.45, 7) is 2.14. The molecule has 0 bridgehead atoms. The Morgan fingerprint density at radius 2 is 0.788 bits per heavy atom. The smallest absolute Gasteiger partial charge is 0.00201 e. The third-order valence-electron chi connectivity index (χ3n) is 6.55. The van der Waals surface area contributed by atoms with Gasteiger partial charge < -0.3 is 0 Å². The van der Waals surface area contributed by atoms with Gasteiger partial charge in [0.1, 0.15) is 0 Å². The van der Waals surface area contributed by atoms with E-state index in [2.05, 4.69) is 134 Å². The van der Waals surface area contributed by atoms with Crippen LogP contribution in [0, 0.1) is 6.92 Å². The van der Waals surface area contributed by atoms with Crippen molar-refractivity contribution >= 4 is 21.5 Å². The van der Waals surface area contributed by atoms with Crippen molar-refractivity contribution in [1.29, 1.82) is 0 Å². The number of benzene rings is 6. The highest BCUT2D eigenvalue weighted by molar-refractivity contribution is 6.22. The van der Waals surface area contributed by atoms with Crippen molar-refractivity contribution in [2.75, 3.05) is 0 Å². The predicted molar refractivity (Wildman–Crippen MR) is 142 cm³/mol. The van der Waals surface area contributed by atoms with Crippen molar-refractivity contribution in [1.82, 2.24) is 0 Å². The van der Waals surface area contributed by atoms with Crippen LogP contribution in [0.1, 0.15) is 5.56 Å². The second-order valence-electron chi connectivity index (χ2n) is 8.62. The van der Waals surface area contributed by atoms with E-state index in [0.29, 0.717) is 0 Å². The number of hydrogen-bond acceptors (Lipinski definition) is 0. The van der Waals surface area contributed by atoms with Crippen LogP contribution < -0.4 is 0 Å². The molecule has 6 aromatic carbocycles. The summed E-state index contributed by atoms with van der Waals surface area (Å²) in [6, 6.07) is 46.1. The summed E-state index contributed by atoms with van der Waals surface area (Å²) < 4.78 is 0. The van der Waals surface area contributed by atoms with E-state index in [1.54, 1.807) is 0 Å². The molecule has 6 rings (SSSR count). The zero-order valence-corrected chi connectivity index (χ0v) is 18.6. The Labute approximate surface area is 194 Å². The van der Waals surface area contributed by atoms with Gasteiger partial charge >= 0.3 is 0 Å². The lowest BCUT2D eigenvalue weighted by atomic mass is 9.84. The molecule has 0 nitrogen and oxygen atoms in total. The molecule has 0 heterocycles. The fraction of sp³-hybridized carbons (Fsp3) is 0.0303. The van der Waals surface area contributed by atoms with Crippen LogP contribution in [0.4, 0.5) is 0 Å². The van der Waals surface area contributed by atoms with Crippen molar-refractivity contribution in [3.05, 3.63) is 133 Å². The molecule has 0 N–H and O–H groups in total. The zero-order chi connectivity index (χ0) is 22.2. The van der Waals surface area contributed by atoms with Crippen LogP contribution in [0.2, 0.25) is 0 Å². The van der Waals surface area contributed by atoms with Crippen molar-refractivity contribution < 1.29 is 0 Å². The van der Waals surface area contributed by atoms with Gasteiger partial charge in [-0.2, -0.15) is 0 Å². The van der Waals surface area contributed by atoms with Gasteiger partial charge in [0, 0.05) is 0 Å². The lowest BCUT2D eigenvalue weighted by molar-refractivity contribution is 1.47. The molecule has 0 aromatic heterocycles. The lowest BCUT2D eigenvalue weighted by Crippen LogP contribution is -1.92. The average Bonchev–Trinajstić information content (AvgIpc) is 2.88. The predicted octanol–water partition coefficient (Wildman–Crippen LogP) is 9.30. The summed E-state index contributed by atoms with van der Waals surface area (Å²) in [7, 11) is 0. The minimum Gasteiger partial charge on any atom is -0.0622 e. The van der Waals surface area contributed by atoms with Gasteiger partial charge in [0.15, 0.2) is 0 Å². The molecule has 156 valence electrons. The van der Waals surface area contributed by atoms with E-state index in [-0.39, 0.29) is 0 Å². The Balaban J connectivity index is 1.77. The largest absolute Gasteiger partial charge is 0.0622 e. The van der Waals surface area contributed by atoms with Gasteiger partial charge in [0.2, 0.25) is 0 Å². The van der Waals surface area contributed by atoms with Crippen molar-refractivity contribution in [3.8, 4) is 33.4 Å². The quantitative estimate of drug-likeness (QED) is 0.250. The molecule has 0 amide bonds. The highest BCUT2D eigenvalue weighted by Gasteiger charge is 2.18. The molecular formula is C33H24. The normalized spacial score (nSPS) is 11.2. The molecule has 0 saturated heterocycles. The van der Waals surface area contributed by atoms with Gasteiger partial charge in [-0.05, 0) is 61.8 Å². The Kier molecular flexibility index (Phi) is 4.78. The van der Waals surface area contributed by atoms with E-state index in [1.807, 2.05) is 0 Å². The maximum Gasteiger partial charge on any atom is -0.00201 e. The third kappa shape index (κ3) is 3.32. The summed E-state index contributed by atoms with van der Waals surface area (Å²) in [5.41, 5.74) is 8.92. The molecule has 0 aliphatic rings. The van der Waals surface area contributed by atoms with Gasteiger partial charge in [-0.1, -0.05) is 133 Å². The zero-order valence-electron chi connectivity index (χ0n) is 18.6. The number of hydrogen-bond donors (Lipinski definition) is 0. The number of fused-ring (bicyclic) bond motifs is 2. The van der Waals surface area contributed by atoms with Crippen LogP contribution in [0.5, 0.6) is 0 Å². The van der Waals surface area contributed by atoms with E-state index < -0.39 is 0 Å². The number of rotatable bonds is 3. The first-order valence-electron chi connectivity index (χ1n) is 11.5. The summed E-state index contributed by atoms with van der Waals surface area (Å²) in [6.07, 6.45) is 0. The SMILES string of the molecule is Cc1ccc(-c2c3ccccc3c(-c3ccccc3-c3ccccc3)c3ccccc23)cc1. The monoisotopic (exact) mass is 420 g/mol. The topological polar surface area (TPSA) is 0 Å². The van der Waals surface area contributed by atoms with Crippen LogP contribution in [0.3, 0.4) is 0 Å². The molecular weight excluding hydrogens is 396 g/mol. The summed E-state index contributed by atoms with van der Waals surface area (Å²) in [4.78, 5) is 0. The van der Waals surface area contributed by atoms with Gasteiger partial charge in [-0.3, -0.25) is 0 Å². The van der Waals surface area contributed by atoms with Crippen molar-refractivity contribution in [2.45, 2.75) is 6.92 Å². The molecule has 0 fully saturated rings. The molecule has 0 saturated carbocycles. The molecule has 6 aromatic rings. The highest BCUT2D eigenvalue weighted by Crippen LogP contribution is 2.45. The second kappa shape index (κ2) is 8.07. The van der Waals surface area contributed by atoms with Crippen LogP contribution in [0.25, 0.3) is 54.9 Å². The Morgan fingerprint density at radius 1 is 0.333 bits per heavy atom. The molecule has 0 unspecified atom stereocenters. The molecule has 0 radical (unpaired) electrons. The fourth-order valence-corrected chi connectivity index (χ4v) is 5.02. The molecule has 0 atom stereocenters. The van der Waals surface area contributed by atoms with E-state index in [0.717, 1.165) is 0 Å². The van der Waals surface area contributed by atoms with Gasteiger partial charge in [0.05, 0.1) is 0 Å². The van der Waals surface area contributed by atoms with E-state index >= 15 is 0 Å². The molecule has 0 aliphatic carbocycles. The van der Waals surface area contributed by atoms with Gasteiger partial charge in [-0.15, -0.1) is 0 Å². The lowest BCUT2D eigenvalue weighted by Gasteiger charge is -2.19. The second-order valence-corrected chi connectivity index (χ2v) is 8.62. The van der Waals surface area contributed by atoms with Crippen LogP contribution in [-0.2, 0) is 0 Å². The fourth-order valence-electron chi connectivity index (χ4n) is 5.02. The first-order valence-corrected chi connectivity index (χ1v) is 11.5. The first-order chi connectivity index (χ1) is 16.3.